The fourth-order valence-corrected chi connectivity index (χ4v) is 4.32. The molecule has 0 spiro atoms. The molecule has 0 saturated carbocycles. The lowest BCUT2D eigenvalue weighted by atomic mass is 9.77. The first-order chi connectivity index (χ1) is 13.9. The van der Waals surface area contributed by atoms with Crippen LogP contribution in [-0.2, 0) is 20.7 Å². The Labute approximate surface area is 185 Å². The van der Waals surface area contributed by atoms with Gasteiger partial charge in [0.2, 0.25) is 0 Å². The van der Waals surface area contributed by atoms with Crippen LogP contribution < -0.4 is 5.46 Å². The Bertz CT molecular complexity index is 1050. The van der Waals surface area contributed by atoms with Crippen LogP contribution in [0.2, 0.25) is 15.1 Å². The van der Waals surface area contributed by atoms with Gasteiger partial charge in [0, 0.05) is 12.0 Å². The van der Waals surface area contributed by atoms with Crippen molar-refractivity contribution in [2.75, 3.05) is 0 Å². The summed E-state index contributed by atoms with van der Waals surface area (Å²) in [6.45, 7) is 3.52. The molecule has 2 heterocycles. The van der Waals surface area contributed by atoms with Gasteiger partial charge in [-0.2, -0.15) is 13.2 Å². The molecule has 4 rings (SSSR count). The molecule has 2 aliphatic rings. The zero-order valence-electron chi connectivity index (χ0n) is 15.6. The summed E-state index contributed by atoms with van der Waals surface area (Å²) < 4.78 is 48.0. The molecule has 158 valence electrons. The summed E-state index contributed by atoms with van der Waals surface area (Å²) in [6.07, 6.45) is -5.40. The summed E-state index contributed by atoms with van der Waals surface area (Å²) in [7, 11) is -1.10. The molecule has 11 heteroatoms. The molecule has 2 aromatic rings. The van der Waals surface area contributed by atoms with E-state index in [0.717, 1.165) is 12.1 Å². The van der Waals surface area contributed by atoms with E-state index < -0.39 is 30.9 Å². The van der Waals surface area contributed by atoms with Crippen molar-refractivity contribution in [1.29, 1.82) is 0 Å². The van der Waals surface area contributed by atoms with Crippen molar-refractivity contribution in [1.82, 2.24) is 0 Å². The Morgan fingerprint density at radius 3 is 2.33 bits per heavy atom. The summed E-state index contributed by atoms with van der Waals surface area (Å²) in [4.78, 5) is 5.02. The molecule has 0 radical (unpaired) electrons. The van der Waals surface area contributed by atoms with E-state index in [1.807, 2.05) is 0 Å². The maximum absolute atomic E-state index is 14.2. The average molecular weight is 478 g/mol. The largest absolute Gasteiger partial charge is 0.492 e. The highest BCUT2D eigenvalue weighted by atomic mass is 35.5. The van der Waals surface area contributed by atoms with E-state index in [9.17, 15) is 18.2 Å². The fraction of sp³-hybridized carbons (Fsp3) is 0.316. The first kappa shape index (κ1) is 21.8. The van der Waals surface area contributed by atoms with Crippen LogP contribution in [0, 0.1) is 0 Å². The number of rotatable bonds is 2. The summed E-state index contributed by atoms with van der Waals surface area (Å²) >= 11 is 17.8. The van der Waals surface area contributed by atoms with Gasteiger partial charge in [0.15, 0.2) is 0 Å². The number of hydrogen-bond acceptors (Lipinski definition) is 4. The molecule has 2 aliphatic heterocycles. The smallest absolute Gasteiger partial charge is 0.423 e. The molecule has 1 atom stereocenters. The number of benzene rings is 2. The molecule has 30 heavy (non-hydrogen) atoms. The van der Waals surface area contributed by atoms with Gasteiger partial charge in [0.1, 0.15) is 0 Å². The van der Waals surface area contributed by atoms with Gasteiger partial charge in [-0.25, -0.2) is 0 Å². The van der Waals surface area contributed by atoms with Gasteiger partial charge in [-0.15, -0.1) is 0 Å². The van der Waals surface area contributed by atoms with Gasteiger partial charge in [-0.1, -0.05) is 52.1 Å². The number of hydrogen-bond donors (Lipinski definition) is 1. The Balaban J connectivity index is 1.76. The SMILES string of the molecule is CC1(C)OB(O)c2ccc(C3=NO[C@](c4cc(Cl)c(Cl)c(Cl)c4)(C(F)(F)F)C3)cc21. The van der Waals surface area contributed by atoms with E-state index >= 15 is 0 Å². The summed E-state index contributed by atoms with van der Waals surface area (Å²) in [5.41, 5.74) is -2.12. The predicted octanol–water partition coefficient (Wildman–Crippen LogP) is 5.18. The van der Waals surface area contributed by atoms with E-state index in [-0.39, 0.29) is 26.3 Å². The Kier molecular flexibility index (Phi) is 5.11. The van der Waals surface area contributed by atoms with Crippen molar-refractivity contribution in [3.8, 4) is 0 Å². The van der Waals surface area contributed by atoms with Crippen molar-refractivity contribution in [3.63, 3.8) is 0 Å². The van der Waals surface area contributed by atoms with Crippen molar-refractivity contribution in [2.45, 2.75) is 37.6 Å². The number of nitrogens with zero attached hydrogens (tertiary/aromatic N) is 1. The molecule has 0 unspecified atom stereocenters. The quantitative estimate of drug-likeness (QED) is 0.478. The molecule has 0 aliphatic carbocycles. The van der Waals surface area contributed by atoms with Crippen LogP contribution in [0.4, 0.5) is 13.2 Å². The van der Waals surface area contributed by atoms with Crippen LogP contribution in [0.25, 0.3) is 0 Å². The Morgan fingerprint density at radius 2 is 1.73 bits per heavy atom. The van der Waals surface area contributed by atoms with Crippen LogP contribution in [-0.4, -0.2) is 24.0 Å². The molecule has 1 N–H and O–H groups in total. The lowest BCUT2D eigenvalue weighted by Crippen LogP contribution is -2.42. The third-order valence-electron chi connectivity index (χ3n) is 5.34. The van der Waals surface area contributed by atoms with E-state index in [2.05, 4.69) is 5.16 Å². The molecule has 0 aromatic heterocycles. The van der Waals surface area contributed by atoms with Crippen LogP contribution in [0.5, 0.6) is 0 Å². The summed E-state index contributed by atoms with van der Waals surface area (Å²) in [5.74, 6) is 0. The van der Waals surface area contributed by atoms with Crippen molar-refractivity contribution >= 4 is 53.1 Å². The third-order valence-corrected chi connectivity index (χ3v) is 6.54. The van der Waals surface area contributed by atoms with Crippen molar-refractivity contribution in [3.05, 3.63) is 62.1 Å². The lowest BCUT2D eigenvalue weighted by molar-refractivity contribution is -0.275. The Morgan fingerprint density at radius 1 is 1.10 bits per heavy atom. The topological polar surface area (TPSA) is 51.0 Å². The van der Waals surface area contributed by atoms with E-state index in [0.29, 0.717) is 16.6 Å². The van der Waals surface area contributed by atoms with Crippen LogP contribution in [0.1, 0.15) is 37.0 Å². The highest BCUT2D eigenvalue weighted by molar-refractivity contribution is 6.62. The summed E-state index contributed by atoms with van der Waals surface area (Å²) in [6, 6.07) is 7.00. The number of halogens is 6. The second kappa shape index (κ2) is 7.03. The first-order valence-corrected chi connectivity index (χ1v) is 9.96. The van der Waals surface area contributed by atoms with Gasteiger partial charge in [-0.3, -0.25) is 0 Å². The fourth-order valence-electron chi connectivity index (χ4n) is 3.73. The lowest BCUT2D eigenvalue weighted by Gasteiger charge is -2.30. The standard InChI is InChI=1S/C19H14BCl3F3NO3/c1-17(2)11-5-9(3-4-12(11)20(28)29-17)15-8-18(30-27-15,19(24,25)26)10-6-13(21)16(23)14(22)7-10/h3-7,28H,8H2,1-2H3/t18-/m1/s1. The number of fused-ring (bicyclic) bond motifs is 1. The molecule has 0 fully saturated rings. The van der Waals surface area contributed by atoms with Gasteiger partial charge in [0.25, 0.3) is 5.60 Å². The first-order valence-electron chi connectivity index (χ1n) is 8.83. The van der Waals surface area contributed by atoms with E-state index in [4.69, 9.17) is 44.3 Å². The molecule has 0 amide bonds. The van der Waals surface area contributed by atoms with Gasteiger partial charge >= 0.3 is 13.3 Å². The molecule has 4 nitrogen and oxygen atoms in total. The minimum Gasteiger partial charge on any atom is -0.423 e. The zero-order valence-corrected chi connectivity index (χ0v) is 17.9. The van der Waals surface area contributed by atoms with Gasteiger partial charge < -0.3 is 14.5 Å². The zero-order chi connectivity index (χ0) is 22.1. The molecular formula is C19H14BCl3F3NO3. The minimum absolute atomic E-state index is 0.0436. The molecule has 2 aromatic carbocycles. The normalized spacial score (nSPS) is 22.7. The molecule has 0 bridgehead atoms. The maximum Gasteiger partial charge on any atom is 0.492 e. The molecular weight excluding hydrogens is 464 g/mol. The highest BCUT2D eigenvalue weighted by Gasteiger charge is 2.62. The second-order valence-electron chi connectivity index (χ2n) is 7.67. The van der Waals surface area contributed by atoms with Gasteiger partial charge in [0.05, 0.1) is 26.4 Å². The third kappa shape index (κ3) is 3.29. The predicted molar refractivity (Wildman–Crippen MR) is 110 cm³/mol. The van der Waals surface area contributed by atoms with Crippen LogP contribution in [0.3, 0.4) is 0 Å². The number of alkyl halides is 3. The van der Waals surface area contributed by atoms with Crippen LogP contribution in [0.15, 0.2) is 35.5 Å². The average Bonchev–Trinajstić information content (AvgIpc) is 3.20. The van der Waals surface area contributed by atoms with E-state index in [1.54, 1.807) is 32.0 Å². The monoisotopic (exact) mass is 477 g/mol. The van der Waals surface area contributed by atoms with Crippen molar-refractivity contribution < 1.29 is 27.7 Å². The summed E-state index contributed by atoms with van der Waals surface area (Å²) in [5, 5.41) is 13.5. The van der Waals surface area contributed by atoms with Crippen LogP contribution >= 0.6 is 34.8 Å². The second-order valence-corrected chi connectivity index (χ2v) is 8.86. The highest BCUT2D eigenvalue weighted by Crippen LogP contribution is 2.50. The van der Waals surface area contributed by atoms with Gasteiger partial charge in [-0.05, 0) is 48.6 Å². The minimum atomic E-state index is -4.81. The van der Waals surface area contributed by atoms with E-state index in [1.165, 1.54) is 0 Å². The maximum atomic E-state index is 14.2. The molecule has 0 saturated heterocycles. The number of oxime groups is 1. The Hall–Kier alpha value is -1.45. The van der Waals surface area contributed by atoms with Crippen molar-refractivity contribution in [2.24, 2.45) is 5.16 Å².